The summed E-state index contributed by atoms with van der Waals surface area (Å²) in [6, 6.07) is -0.775. The molecule has 2 aromatic rings. The van der Waals surface area contributed by atoms with Crippen molar-refractivity contribution in [3.8, 4) is 0 Å². The Morgan fingerprint density at radius 3 is 2.82 bits per heavy atom. The number of fused-ring (bicyclic) bond motifs is 1. The van der Waals surface area contributed by atoms with E-state index in [4.69, 9.17) is 15.2 Å². The molecule has 1 fully saturated rings. The Balaban J connectivity index is 0.00000280. The van der Waals surface area contributed by atoms with Gasteiger partial charge in [-0.05, 0) is 5.92 Å². The number of esters is 1. The van der Waals surface area contributed by atoms with Crippen LogP contribution in [0.5, 0.6) is 0 Å². The third-order valence-electron chi connectivity index (χ3n) is 4.90. The van der Waals surface area contributed by atoms with Crippen molar-refractivity contribution in [2.45, 2.75) is 50.8 Å². The number of aliphatic hydroxyl groups excluding tert-OH is 2. The molecule has 0 aliphatic carbocycles. The number of hydrogen-bond acceptors (Lipinski definition) is 9. The van der Waals surface area contributed by atoms with Crippen molar-refractivity contribution in [3.63, 3.8) is 0 Å². The van der Waals surface area contributed by atoms with Crippen LogP contribution in [-0.2, 0) is 14.3 Å². The predicted molar refractivity (Wildman–Crippen MR) is 99.7 cm³/mol. The van der Waals surface area contributed by atoms with Crippen molar-refractivity contribution >= 4 is 29.5 Å². The van der Waals surface area contributed by atoms with Crippen molar-refractivity contribution in [2.24, 2.45) is 11.7 Å². The normalized spacial score (nSPS) is 26.6. The minimum Gasteiger partial charge on any atom is -0.462 e. The number of nitrogens with zero attached hydrogens (tertiary/aromatic N) is 3. The van der Waals surface area contributed by atoms with E-state index in [1.807, 2.05) is 13.8 Å². The smallest absolute Gasteiger partial charge is 0.323 e. The Bertz CT molecular complexity index is 873. The molecule has 2 aromatic heterocycles. The first-order chi connectivity index (χ1) is 12.8. The Labute approximate surface area is 166 Å². The fraction of sp³-hybridized carbons (Fsp3) is 0.625. The molecule has 2 unspecified atom stereocenters. The van der Waals surface area contributed by atoms with Gasteiger partial charge in [0.1, 0.15) is 31.0 Å². The number of nitrogens with two attached hydrogens (primary N) is 1. The van der Waals surface area contributed by atoms with Gasteiger partial charge in [-0.3, -0.25) is 14.2 Å². The van der Waals surface area contributed by atoms with Crippen molar-refractivity contribution in [3.05, 3.63) is 23.0 Å². The largest absolute Gasteiger partial charge is 0.462 e. The van der Waals surface area contributed by atoms with Crippen molar-refractivity contribution in [2.75, 3.05) is 6.61 Å². The van der Waals surface area contributed by atoms with Gasteiger partial charge in [-0.15, -0.1) is 12.4 Å². The molecule has 156 valence electrons. The number of nitrogens with one attached hydrogen (secondary N) is 1. The van der Waals surface area contributed by atoms with Gasteiger partial charge in [-0.1, -0.05) is 20.3 Å². The van der Waals surface area contributed by atoms with Gasteiger partial charge in [-0.2, -0.15) is 0 Å². The number of carbonyl (C=O) groups excluding carboxylic acids is 1. The molecule has 0 radical (unpaired) electrons. The van der Waals surface area contributed by atoms with E-state index in [1.165, 1.54) is 17.2 Å². The molecule has 12 heteroatoms. The lowest BCUT2D eigenvalue weighted by molar-refractivity contribution is -0.152. The summed E-state index contributed by atoms with van der Waals surface area (Å²) in [5, 5.41) is 20.6. The van der Waals surface area contributed by atoms with E-state index in [0.717, 1.165) is 6.42 Å². The number of aromatic amines is 1. The number of halogens is 1. The Morgan fingerprint density at radius 1 is 1.43 bits per heavy atom. The minimum atomic E-state index is -1.32. The van der Waals surface area contributed by atoms with Gasteiger partial charge in [-0.25, -0.2) is 9.97 Å². The zero-order valence-electron chi connectivity index (χ0n) is 15.4. The lowest BCUT2D eigenvalue weighted by atomic mass is 10.0. The molecular formula is C16H24ClN5O6. The molecule has 5 N–H and O–H groups in total. The van der Waals surface area contributed by atoms with Gasteiger partial charge in [0.2, 0.25) is 0 Å². The van der Waals surface area contributed by atoms with Crippen LogP contribution in [0.3, 0.4) is 0 Å². The molecule has 11 nitrogen and oxygen atoms in total. The molecular weight excluding hydrogens is 394 g/mol. The van der Waals surface area contributed by atoms with Crippen LogP contribution in [0, 0.1) is 5.92 Å². The van der Waals surface area contributed by atoms with E-state index < -0.39 is 42.1 Å². The summed E-state index contributed by atoms with van der Waals surface area (Å²) < 4.78 is 12.1. The molecule has 0 bridgehead atoms. The Hall–Kier alpha value is -2.05. The molecule has 3 heterocycles. The van der Waals surface area contributed by atoms with Crippen LogP contribution in [0.2, 0.25) is 0 Å². The molecule has 0 amide bonds. The average Bonchev–Trinajstić information content (AvgIpc) is 3.21. The molecule has 1 aliphatic rings. The second-order valence-corrected chi connectivity index (χ2v) is 6.64. The van der Waals surface area contributed by atoms with Crippen LogP contribution >= 0.6 is 12.4 Å². The first kappa shape index (κ1) is 22.2. The fourth-order valence-electron chi connectivity index (χ4n) is 2.89. The predicted octanol–water partition coefficient (Wildman–Crippen LogP) is -0.923. The summed E-state index contributed by atoms with van der Waals surface area (Å²) in [6.07, 6.45) is -1.41. The van der Waals surface area contributed by atoms with Gasteiger partial charge in [0.05, 0.1) is 12.7 Å². The highest BCUT2D eigenvalue weighted by atomic mass is 35.5. The number of carbonyl (C=O) groups is 1. The molecule has 28 heavy (non-hydrogen) atoms. The second-order valence-electron chi connectivity index (χ2n) is 6.64. The van der Waals surface area contributed by atoms with E-state index in [-0.39, 0.29) is 36.1 Å². The van der Waals surface area contributed by atoms with Crippen LogP contribution in [0.15, 0.2) is 17.4 Å². The third kappa shape index (κ3) is 4.03. The standard InChI is InChI=1S/C16H23N5O6.ClH/c1-3-7(2)9(17)16(25)26-4-8-11(22)12(23)15(27-8)21-6-20-10-13(21)18-5-19-14(10)24;/h5-9,11-12,15,22-23H,3-4,17H2,1-2H3,(H,18,19,24);1H/t7?,8-,9?,11+,12+,15+;/m0./s1. The summed E-state index contributed by atoms with van der Waals surface area (Å²) in [7, 11) is 0. The van der Waals surface area contributed by atoms with E-state index in [0.29, 0.717) is 0 Å². The monoisotopic (exact) mass is 417 g/mol. The van der Waals surface area contributed by atoms with E-state index in [2.05, 4.69) is 15.0 Å². The van der Waals surface area contributed by atoms with Gasteiger partial charge in [0.25, 0.3) is 5.56 Å². The van der Waals surface area contributed by atoms with E-state index >= 15 is 0 Å². The number of aromatic nitrogens is 4. The van der Waals surface area contributed by atoms with Crippen LogP contribution < -0.4 is 11.3 Å². The second kappa shape index (κ2) is 8.97. The lowest BCUT2D eigenvalue weighted by Crippen LogP contribution is -2.40. The number of imidazole rings is 1. The topological polar surface area (TPSA) is 166 Å². The minimum absolute atomic E-state index is 0. The summed E-state index contributed by atoms with van der Waals surface area (Å²) in [5.74, 6) is -0.647. The molecule has 0 aromatic carbocycles. The number of H-pyrrole nitrogens is 1. The summed E-state index contributed by atoms with van der Waals surface area (Å²) >= 11 is 0. The third-order valence-corrected chi connectivity index (χ3v) is 4.90. The summed E-state index contributed by atoms with van der Waals surface area (Å²) in [5.41, 5.74) is 5.67. The number of rotatable bonds is 6. The maximum Gasteiger partial charge on any atom is 0.323 e. The summed E-state index contributed by atoms with van der Waals surface area (Å²) in [6.45, 7) is 3.49. The number of hydrogen-bond donors (Lipinski definition) is 4. The van der Waals surface area contributed by atoms with Gasteiger partial charge in [0, 0.05) is 0 Å². The fourth-order valence-corrected chi connectivity index (χ4v) is 2.89. The molecule has 1 aliphatic heterocycles. The van der Waals surface area contributed by atoms with E-state index in [9.17, 15) is 19.8 Å². The molecule has 0 spiro atoms. The van der Waals surface area contributed by atoms with Crippen LogP contribution in [-0.4, -0.2) is 66.7 Å². The Kier molecular flexibility index (Phi) is 7.12. The van der Waals surface area contributed by atoms with Crippen molar-refractivity contribution in [1.82, 2.24) is 19.5 Å². The maximum absolute atomic E-state index is 12.0. The van der Waals surface area contributed by atoms with Crippen molar-refractivity contribution < 1.29 is 24.5 Å². The Morgan fingerprint density at radius 2 is 2.14 bits per heavy atom. The zero-order valence-corrected chi connectivity index (χ0v) is 16.2. The molecule has 1 saturated heterocycles. The van der Waals surface area contributed by atoms with Crippen LogP contribution in [0.25, 0.3) is 11.2 Å². The van der Waals surface area contributed by atoms with Crippen LogP contribution in [0.1, 0.15) is 26.5 Å². The maximum atomic E-state index is 12.0. The number of ether oxygens (including phenoxy) is 2. The molecule has 0 saturated carbocycles. The average molecular weight is 418 g/mol. The highest BCUT2D eigenvalue weighted by Crippen LogP contribution is 2.31. The molecule has 3 rings (SSSR count). The van der Waals surface area contributed by atoms with Gasteiger partial charge >= 0.3 is 5.97 Å². The number of aliphatic hydroxyl groups is 2. The SMILES string of the molecule is CCC(C)C(N)C(=O)OC[C@@H]1O[C@@H](n2cnc3c(=O)[nH]cnc32)[C@H](O)[C@@H]1O.Cl. The van der Waals surface area contributed by atoms with E-state index in [1.54, 1.807) is 0 Å². The van der Waals surface area contributed by atoms with Crippen LogP contribution in [0.4, 0.5) is 0 Å². The van der Waals surface area contributed by atoms with Gasteiger partial charge in [0.15, 0.2) is 17.4 Å². The highest BCUT2D eigenvalue weighted by molar-refractivity contribution is 5.85. The summed E-state index contributed by atoms with van der Waals surface area (Å²) in [4.78, 5) is 34.1. The quantitative estimate of drug-likeness (QED) is 0.434. The lowest BCUT2D eigenvalue weighted by Gasteiger charge is -2.19. The van der Waals surface area contributed by atoms with Gasteiger partial charge < -0.3 is 30.4 Å². The first-order valence-corrected chi connectivity index (χ1v) is 8.69. The zero-order chi connectivity index (χ0) is 19.7. The highest BCUT2D eigenvalue weighted by Gasteiger charge is 2.45. The first-order valence-electron chi connectivity index (χ1n) is 8.69. The molecule has 6 atom stereocenters. The van der Waals surface area contributed by atoms with Crippen molar-refractivity contribution in [1.29, 1.82) is 0 Å².